The standard InChI is InChI=1S/C29H22BrNO3/c1-16-7-8-18-11-14-24-29(27(33)21-5-3-4-6-22(21)28(29)34)25(19-9-12-20(30)13-10-19)26(17(2)32)31(24)23(18)15-16/h3-15,24-26H,1-2H3/t24-,25+,26+/m0/s1. The van der Waals surface area contributed by atoms with Crippen LogP contribution in [0.3, 0.4) is 0 Å². The van der Waals surface area contributed by atoms with Crippen molar-refractivity contribution in [1.29, 1.82) is 0 Å². The minimum Gasteiger partial charge on any atom is -0.352 e. The Morgan fingerprint density at radius 2 is 1.59 bits per heavy atom. The van der Waals surface area contributed by atoms with E-state index in [1.54, 1.807) is 31.2 Å². The minimum atomic E-state index is -1.41. The smallest absolute Gasteiger partial charge is 0.180 e. The third-order valence-corrected chi connectivity index (χ3v) is 8.14. The lowest BCUT2D eigenvalue weighted by Crippen LogP contribution is -2.48. The Morgan fingerprint density at radius 3 is 2.21 bits per heavy atom. The molecule has 168 valence electrons. The highest BCUT2D eigenvalue weighted by molar-refractivity contribution is 9.10. The molecule has 0 bridgehead atoms. The molecular weight excluding hydrogens is 490 g/mol. The van der Waals surface area contributed by atoms with E-state index >= 15 is 0 Å². The number of anilines is 1. The zero-order valence-corrected chi connectivity index (χ0v) is 20.4. The Morgan fingerprint density at radius 1 is 0.941 bits per heavy atom. The molecule has 4 nitrogen and oxygen atoms in total. The van der Waals surface area contributed by atoms with Crippen LogP contribution in [-0.2, 0) is 4.79 Å². The molecule has 5 heteroatoms. The van der Waals surface area contributed by atoms with E-state index in [-0.39, 0.29) is 17.3 Å². The van der Waals surface area contributed by atoms with Crippen molar-refractivity contribution >= 4 is 45.0 Å². The average Bonchev–Trinajstić information content (AvgIpc) is 3.27. The normalized spacial score (nSPS) is 23.7. The molecule has 1 fully saturated rings. The molecule has 0 amide bonds. The summed E-state index contributed by atoms with van der Waals surface area (Å²) in [6.07, 6.45) is 3.94. The summed E-state index contributed by atoms with van der Waals surface area (Å²) in [5, 5.41) is 0. The Labute approximate surface area is 206 Å². The summed E-state index contributed by atoms with van der Waals surface area (Å²) in [7, 11) is 0. The van der Waals surface area contributed by atoms with E-state index in [2.05, 4.69) is 22.0 Å². The molecule has 0 saturated carbocycles. The third kappa shape index (κ3) is 2.62. The summed E-state index contributed by atoms with van der Waals surface area (Å²) in [6.45, 7) is 3.58. The first kappa shape index (κ1) is 21.2. The van der Waals surface area contributed by atoms with Gasteiger partial charge in [0.05, 0.1) is 12.1 Å². The first-order valence-electron chi connectivity index (χ1n) is 11.4. The molecule has 6 rings (SSSR count). The average molecular weight is 512 g/mol. The summed E-state index contributed by atoms with van der Waals surface area (Å²) in [6, 6.07) is 19.6. The van der Waals surface area contributed by atoms with Gasteiger partial charge in [0.25, 0.3) is 0 Å². The van der Waals surface area contributed by atoms with E-state index in [1.165, 1.54) is 0 Å². The van der Waals surface area contributed by atoms with E-state index in [1.807, 2.05) is 60.4 Å². The van der Waals surface area contributed by atoms with Crippen LogP contribution in [0.15, 0.2) is 77.3 Å². The molecule has 2 aliphatic heterocycles. The Bertz CT molecular complexity index is 1390. The van der Waals surface area contributed by atoms with Crippen LogP contribution in [0.25, 0.3) is 6.08 Å². The van der Waals surface area contributed by atoms with Crippen LogP contribution in [0.4, 0.5) is 5.69 Å². The molecule has 1 saturated heterocycles. The van der Waals surface area contributed by atoms with Crippen LogP contribution in [0.1, 0.15) is 50.2 Å². The first-order valence-corrected chi connectivity index (χ1v) is 12.2. The largest absolute Gasteiger partial charge is 0.352 e. The molecule has 3 aromatic rings. The Balaban J connectivity index is 1.69. The van der Waals surface area contributed by atoms with Gasteiger partial charge in [-0.1, -0.05) is 76.6 Å². The van der Waals surface area contributed by atoms with Crippen molar-refractivity contribution in [3.05, 3.63) is 105 Å². The van der Waals surface area contributed by atoms with E-state index in [0.29, 0.717) is 11.1 Å². The second-order valence-corrected chi connectivity index (χ2v) is 10.3. The fourth-order valence-electron chi connectivity index (χ4n) is 6.27. The number of benzene rings is 3. The van der Waals surface area contributed by atoms with Gasteiger partial charge in [-0.05, 0) is 48.7 Å². The van der Waals surface area contributed by atoms with Gasteiger partial charge in [0, 0.05) is 27.2 Å². The predicted octanol–water partition coefficient (Wildman–Crippen LogP) is 5.78. The van der Waals surface area contributed by atoms with Gasteiger partial charge in [0.2, 0.25) is 0 Å². The van der Waals surface area contributed by atoms with Crippen LogP contribution in [-0.4, -0.2) is 29.4 Å². The number of carbonyl (C=O) groups is 3. The number of hydrogen-bond donors (Lipinski definition) is 0. The fourth-order valence-corrected chi connectivity index (χ4v) is 6.53. The van der Waals surface area contributed by atoms with E-state index in [4.69, 9.17) is 0 Å². The zero-order chi connectivity index (χ0) is 23.8. The molecule has 0 unspecified atom stereocenters. The molecule has 2 heterocycles. The van der Waals surface area contributed by atoms with Gasteiger partial charge in [0.15, 0.2) is 17.3 Å². The molecular formula is C29H22BrNO3. The highest BCUT2D eigenvalue weighted by Crippen LogP contribution is 2.60. The minimum absolute atomic E-state index is 0.0610. The Hall–Kier alpha value is -3.31. The summed E-state index contributed by atoms with van der Waals surface area (Å²) >= 11 is 3.49. The third-order valence-electron chi connectivity index (χ3n) is 7.61. The molecule has 1 aliphatic carbocycles. The lowest BCUT2D eigenvalue weighted by Gasteiger charge is -2.37. The van der Waals surface area contributed by atoms with Crippen LogP contribution in [0, 0.1) is 12.3 Å². The van der Waals surface area contributed by atoms with Crippen molar-refractivity contribution in [3.8, 4) is 0 Å². The molecule has 3 aromatic carbocycles. The molecule has 0 aromatic heterocycles. The maximum Gasteiger partial charge on any atom is 0.180 e. The van der Waals surface area contributed by atoms with Crippen molar-refractivity contribution in [2.45, 2.75) is 31.8 Å². The quantitative estimate of drug-likeness (QED) is 0.409. The highest BCUT2D eigenvalue weighted by atomic mass is 79.9. The Kier molecular flexibility index (Phi) is 4.59. The summed E-state index contributed by atoms with van der Waals surface area (Å²) in [4.78, 5) is 44.0. The van der Waals surface area contributed by atoms with Crippen molar-refractivity contribution in [1.82, 2.24) is 0 Å². The number of carbonyl (C=O) groups excluding carboxylic acids is 3. The topological polar surface area (TPSA) is 54.5 Å². The highest BCUT2D eigenvalue weighted by Gasteiger charge is 2.71. The van der Waals surface area contributed by atoms with Gasteiger partial charge >= 0.3 is 0 Å². The zero-order valence-electron chi connectivity index (χ0n) is 18.8. The number of hydrogen-bond acceptors (Lipinski definition) is 4. The van der Waals surface area contributed by atoms with Crippen LogP contribution >= 0.6 is 15.9 Å². The molecule has 1 spiro atoms. The van der Waals surface area contributed by atoms with Crippen molar-refractivity contribution in [2.75, 3.05) is 4.90 Å². The fraction of sp³-hybridized carbons (Fsp3) is 0.207. The number of aryl methyl sites for hydroxylation is 1. The number of halogens is 1. The lowest BCUT2D eigenvalue weighted by atomic mass is 9.64. The van der Waals surface area contributed by atoms with Crippen molar-refractivity contribution in [2.24, 2.45) is 5.41 Å². The number of rotatable bonds is 2. The van der Waals surface area contributed by atoms with Crippen molar-refractivity contribution in [3.63, 3.8) is 0 Å². The summed E-state index contributed by atoms with van der Waals surface area (Å²) < 4.78 is 0.897. The summed E-state index contributed by atoms with van der Waals surface area (Å²) in [5.74, 6) is -1.07. The van der Waals surface area contributed by atoms with Gasteiger partial charge in [0.1, 0.15) is 5.41 Å². The monoisotopic (exact) mass is 511 g/mol. The molecule has 0 radical (unpaired) electrons. The molecule has 3 atom stereocenters. The molecule has 0 N–H and O–H groups in total. The van der Waals surface area contributed by atoms with Gasteiger partial charge in [-0.25, -0.2) is 0 Å². The number of ketones is 3. The summed E-state index contributed by atoms with van der Waals surface area (Å²) in [5.41, 5.74) is 3.23. The number of fused-ring (bicyclic) bond motifs is 5. The number of nitrogens with zero attached hydrogens (tertiary/aromatic N) is 1. The lowest BCUT2D eigenvalue weighted by molar-refractivity contribution is -0.118. The molecule has 3 aliphatic rings. The second-order valence-electron chi connectivity index (χ2n) is 9.43. The van der Waals surface area contributed by atoms with Crippen LogP contribution < -0.4 is 4.90 Å². The maximum atomic E-state index is 14.3. The predicted molar refractivity (Wildman–Crippen MR) is 135 cm³/mol. The van der Waals surface area contributed by atoms with Crippen LogP contribution in [0.5, 0.6) is 0 Å². The van der Waals surface area contributed by atoms with E-state index in [9.17, 15) is 14.4 Å². The van der Waals surface area contributed by atoms with Gasteiger partial charge in [-0.3, -0.25) is 14.4 Å². The second kappa shape index (κ2) is 7.34. The van der Waals surface area contributed by atoms with Gasteiger partial charge < -0.3 is 4.90 Å². The van der Waals surface area contributed by atoms with Gasteiger partial charge in [-0.2, -0.15) is 0 Å². The maximum absolute atomic E-state index is 14.3. The van der Waals surface area contributed by atoms with Crippen molar-refractivity contribution < 1.29 is 14.4 Å². The van der Waals surface area contributed by atoms with E-state index in [0.717, 1.165) is 26.9 Å². The number of Topliss-reactive ketones (excluding diaryl/α,β-unsaturated/α-hetero) is 3. The SMILES string of the molecule is CC(=O)[C@@H]1[C@@H](c2ccc(Br)cc2)C2(C(=O)c3ccccc3C2=O)[C@@H]2C=Cc3ccc(C)cc3N12. The first-order chi connectivity index (χ1) is 16.4. The molecule has 34 heavy (non-hydrogen) atoms. The van der Waals surface area contributed by atoms with Gasteiger partial charge in [-0.15, -0.1) is 0 Å². The van der Waals surface area contributed by atoms with E-state index < -0.39 is 23.4 Å². The van der Waals surface area contributed by atoms with Crippen LogP contribution in [0.2, 0.25) is 0 Å².